The molecule has 0 aliphatic carbocycles. The maximum absolute atomic E-state index is 12.3. The Morgan fingerprint density at radius 2 is 2.09 bits per heavy atom. The molecule has 1 aromatic heterocycles. The fourth-order valence-electron chi connectivity index (χ4n) is 2.02. The Labute approximate surface area is 142 Å². The molecule has 3 rings (SSSR count). The summed E-state index contributed by atoms with van der Waals surface area (Å²) in [4.78, 5) is 28.8. The lowest BCUT2D eigenvalue weighted by atomic mass is 10.2. The second-order valence-corrected chi connectivity index (χ2v) is 6.26. The van der Waals surface area contributed by atoms with E-state index in [9.17, 15) is 9.59 Å². The van der Waals surface area contributed by atoms with Crippen LogP contribution in [0.2, 0.25) is 5.02 Å². The van der Waals surface area contributed by atoms with Crippen molar-refractivity contribution in [3.63, 3.8) is 0 Å². The first-order chi connectivity index (χ1) is 11.1. The van der Waals surface area contributed by atoms with E-state index in [1.54, 1.807) is 30.5 Å². The average Bonchev–Trinajstić information content (AvgIpc) is 2.95. The summed E-state index contributed by atoms with van der Waals surface area (Å²) in [5.74, 6) is -1.09. The highest BCUT2D eigenvalue weighted by molar-refractivity contribution is 7.99. The maximum Gasteiger partial charge on any atom is 0.347 e. The third-order valence-corrected chi connectivity index (χ3v) is 4.43. The van der Waals surface area contributed by atoms with Crippen molar-refractivity contribution in [1.29, 1.82) is 0 Å². The number of hydrogen-bond donors (Lipinski definition) is 0. The number of carbonyl (C=O) groups excluding carboxylic acids is 2. The number of ether oxygens (including phenoxy) is 2. The Hall–Kier alpha value is -2.05. The van der Waals surface area contributed by atoms with Crippen LogP contribution in [0.5, 0.6) is 0 Å². The molecular formula is C16H12ClNO4S. The first kappa shape index (κ1) is 15.8. The van der Waals surface area contributed by atoms with Gasteiger partial charge in [-0.15, -0.1) is 0 Å². The number of rotatable bonds is 4. The second-order valence-electron chi connectivity index (χ2n) is 4.76. The first-order valence-electron chi connectivity index (χ1n) is 6.89. The molecule has 2 heterocycles. The molecule has 1 atom stereocenters. The summed E-state index contributed by atoms with van der Waals surface area (Å²) in [6.45, 7) is 0.274. The van der Waals surface area contributed by atoms with E-state index in [4.69, 9.17) is 21.1 Å². The van der Waals surface area contributed by atoms with E-state index in [-0.39, 0.29) is 6.61 Å². The summed E-state index contributed by atoms with van der Waals surface area (Å²) in [6, 6.07) is 10.5. The third kappa shape index (κ3) is 3.83. The monoisotopic (exact) mass is 349 g/mol. The molecular weight excluding hydrogens is 338 g/mol. The number of esters is 2. The number of cyclic esters (lactones) is 1. The van der Waals surface area contributed by atoms with Crippen molar-refractivity contribution in [2.75, 3.05) is 6.61 Å². The highest BCUT2D eigenvalue weighted by atomic mass is 35.5. The van der Waals surface area contributed by atoms with Gasteiger partial charge in [-0.3, -0.25) is 0 Å². The molecule has 23 heavy (non-hydrogen) atoms. The SMILES string of the molecule is O=C(O[C@H]1CCOC1=O)c1cccnc1Sc1ccc(Cl)cc1. The molecule has 0 bridgehead atoms. The fraction of sp³-hybridized carbons (Fsp3) is 0.188. The summed E-state index contributed by atoms with van der Waals surface area (Å²) in [5.41, 5.74) is 0.312. The molecule has 0 N–H and O–H groups in total. The van der Waals surface area contributed by atoms with Gasteiger partial charge >= 0.3 is 11.9 Å². The van der Waals surface area contributed by atoms with Crippen molar-refractivity contribution in [2.24, 2.45) is 0 Å². The molecule has 0 unspecified atom stereocenters. The highest BCUT2D eigenvalue weighted by Gasteiger charge is 2.31. The Morgan fingerprint density at radius 1 is 1.30 bits per heavy atom. The van der Waals surface area contributed by atoms with E-state index in [0.29, 0.717) is 22.0 Å². The lowest BCUT2D eigenvalue weighted by Gasteiger charge is -2.10. The molecule has 2 aromatic rings. The number of nitrogens with zero attached hydrogens (tertiary/aromatic N) is 1. The maximum atomic E-state index is 12.3. The Balaban J connectivity index is 1.78. The van der Waals surface area contributed by atoms with Crippen LogP contribution in [-0.4, -0.2) is 29.6 Å². The first-order valence-corrected chi connectivity index (χ1v) is 8.09. The topological polar surface area (TPSA) is 65.5 Å². The van der Waals surface area contributed by atoms with E-state index in [2.05, 4.69) is 4.98 Å². The number of pyridine rings is 1. The van der Waals surface area contributed by atoms with Gasteiger partial charge in [0.15, 0.2) is 0 Å². The van der Waals surface area contributed by atoms with Gasteiger partial charge < -0.3 is 9.47 Å². The molecule has 5 nitrogen and oxygen atoms in total. The number of benzene rings is 1. The lowest BCUT2D eigenvalue weighted by Crippen LogP contribution is -2.23. The zero-order valence-electron chi connectivity index (χ0n) is 11.9. The molecule has 118 valence electrons. The minimum atomic E-state index is -0.837. The minimum Gasteiger partial charge on any atom is -0.463 e. The summed E-state index contributed by atoms with van der Waals surface area (Å²) >= 11 is 7.19. The van der Waals surface area contributed by atoms with E-state index in [0.717, 1.165) is 4.90 Å². The number of halogens is 1. The molecule has 1 aromatic carbocycles. The van der Waals surface area contributed by atoms with Gasteiger partial charge in [0.1, 0.15) is 5.03 Å². The van der Waals surface area contributed by atoms with Crippen LogP contribution >= 0.6 is 23.4 Å². The molecule has 1 aliphatic heterocycles. The van der Waals surface area contributed by atoms with Crippen LogP contribution in [0.3, 0.4) is 0 Å². The zero-order valence-corrected chi connectivity index (χ0v) is 13.5. The van der Waals surface area contributed by atoms with Crippen molar-refractivity contribution < 1.29 is 19.1 Å². The normalized spacial score (nSPS) is 16.9. The van der Waals surface area contributed by atoms with E-state index in [1.165, 1.54) is 11.8 Å². The van der Waals surface area contributed by atoms with Crippen molar-refractivity contribution >= 4 is 35.3 Å². The predicted molar refractivity (Wildman–Crippen MR) is 84.6 cm³/mol. The highest BCUT2D eigenvalue weighted by Crippen LogP contribution is 2.30. The van der Waals surface area contributed by atoms with E-state index >= 15 is 0 Å². The van der Waals surface area contributed by atoms with Crippen molar-refractivity contribution in [1.82, 2.24) is 4.98 Å². The van der Waals surface area contributed by atoms with Gasteiger partial charge in [-0.1, -0.05) is 23.4 Å². The largest absolute Gasteiger partial charge is 0.463 e. The standard InChI is InChI=1S/C16H12ClNO4S/c17-10-3-5-11(6-4-10)23-14-12(2-1-8-18-14)15(19)22-13-7-9-21-16(13)20/h1-6,8,13H,7,9H2/t13-/m0/s1. The van der Waals surface area contributed by atoms with Gasteiger partial charge in [0, 0.05) is 22.5 Å². The van der Waals surface area contributed by atoms with Crippen LogP contribution in [0.4, 0.5) is 0 Å². The molecule has 0 spiro atoms. The summed E-state index contributed by atoms with van der Waals surface area (Å²) < 4.78 is 10.0. The van der Waals surface area contributed by atoms with Gasteiger partial charge in [0.25, 0.3) is 0 Å². The third-order valence-electron chi connectivity index (χ3n) is 3.16. The predicted octanol–water partition coefficient (Wildman–Crippen LogP) is 3.36. The van der Waals surface area contributed by atoms with Gasteiger partial charge in [0.2, 0.25) is 6.10 Å². The molecule has 0 saturated carbocycles. The number of aromatic nitrogens is 1. The van der Waals surface area contributed by atoms with E-state index < -0.39 is 18.0 Å². The van der Waals surface area contributed by atoms with Gasteiger partial charge in [-0.25, -0.2) is 14.6 Å². The summed E-state index contributed by atoms with van der Waals surface area (Å²) in [7, 11) is 0. The quantitative estimate of drug-likeness (QED) is 0.788. The van der Waals surface area contributed by atoms with Crippen molar-refractivity contribution in [3.05, 3.63) is 53.2 Å². The Morgan fingerprint density at radius 3 is 2.78 bits per heavy atom. The molecule has 0 amide bonds. The van der Waals surface area contributed by atoms with Crippen LogP contribution in [0.25, 0.3) is 0 Å². The summed E-state index contributed by atoms with van der Waals surface area (Å²) in [6.07, 6.45) is 1.14. The molecule has 1 aliphatic rings. The van der Waals surface area contributed by atoms with Crippen molar-refractivity contribution in [3.8, 4) is 0 Å². The second kappa shape index (κ2) is 7.02. The van der Waals surface area contributed by atoms with Gasteiger partial charge in [-0.05, 0) is 36.4 Å². The Bertz CT molecular complexity index is 735. The fourth-order valence-corrected chi connectivity index (χ4v) is 3.02. The van der Waals surface area contributed by atoms with Gasteiger partial charge in [-0.2, -0.15) is 0 Å². The van der Waals surface area contributed by atoms with Crippen LogP contribution < -0.4 is 0 Å². The Kier molecular flexibility index (Phi) is 4.83. The molecule has 1 saturated heterocycles. The molecule has 0 radical (unpaired) electrons. The molecule has 1 fully saturated rings. The summed E-state index contributed by atoms with van der Waals surface area (Å²) in [5, 5.41) is 1.14. The average molecular weight is 350 g/mol. The van der Waals surface area contributed by atoms with Gasteiger partial charge in [0.05, 0.1) is 12.2 Å². The van der Waals surface area contributed by atoms with E-state index in [1.807, 2.05) is 12.1 Å². The lowest BCUT2D eigenvalue weighted by molar-refractivity contribution is -0.145. The van der Waals surface area contributed by atoms with Crippen LogP contribution in [0.1, 0.15) is 16.8 Å². The van der Waals surface area contributed by atoms with Crippen LogP contribution in [0.15, 0.2) is 52.5 Å². The van der Waals surface area contributed by atoms with Crippen LogP contribution in [0, 0.1) is 0 Å². The minimum absolute atomic E-state index is 0.274. The number of carbonyl (C=O) groups is 2. The molecule has 7 heteroatoms. The van der Waals surface area contributed by atoms with Crippen molar-refractivity contribution in [2.45, 2.75) is 22.4 Å². The number of hydrogen-bond acceptors (Lipinski definition) is 6. The smallest absolute Gasteiger partial charge is 0.347 e. The van der Waals surface area contributed by atoms with Crippen LogP contribution in [-0.2, 0) is 14.3 Å². The zero-order chi connectivity index (χ0) is 16.2.